The SMILES string of the molecule is CCCCc1cc(O)c2c(c1)OC(C)(C)[C@@H]1CC[C@](C)(O)C[C@@H]21. The lowest BCUT2D eigenvalue weighted by Crippen LogP contribution is -2.49. The van der Waals surface area contributed by atoms with Crippen molar-refractivity contribution >= 4 is 0 Å². The highest BCUT2D eigenvalue weighted by atomic mass is 16.5. The van der Waals surface area contributed by atoms with Gasteiger partial charge in [0.05, 0.1) is 5.60 Å². The minimum atomic E-state index is -0.654. The highest BCUT2D eigenvalue weighted by Crippen LogP contribution is 2.56. The van der Waals surface area contributed by atoms with Crippen LogP contribution in [0.25, 0.3) is 0 Å². The molecule has 2 aliphatic rings. The molecule has 1 aliphatic carbocycles. The largest absolute Gasteiger partial charge is 0.508 e. The summed E-state index contributed by atoms with van der Waals surface area (Å²) in [5.41, 5.74) is 1.14. The number of aromatic hydroxyl groups is 1. The molecule has 1 aliphatic heterocycles. The second kappa shape index (κ2) is 5.70. The topological polar surface area (TPSA) is 49.7 Å². The van der Waals surface area contributed by atoms with Crippen molar-refractivity contribution in [2.24, 2.45) is 5.92 Å². The van der Waals surface area contributed by atoms with Gasteiger partial charge in [-0.2, -0.15) is 0 Å². The Morgan fingerprint density at radius 2 is 2.00 bits per heavy atom. The normalized spacial score (nSPS) is 31.9. The van der Waals surface area contributed by atoms with Gasteiger partial charge < -0.3 is 14.9 Å². The minimum Gasteiger partial charge on any atom is -0.508 e. The van der Waals surface area contributed by atoms with Gasteiger partial charge in [0.2, 0.25) is 0 Å². The van der Waals surface area contributed by atoms with Gasteiger partial charge in [-0.25, -0.2) is 0 Å². The molecule has 0 radical (unpaired) electrons. The van der Waals surface area contributed by atoms with E-state index in [1.807, 2.05) is 13.0 Å². The van der Waals surface area contributed by atoms with Gasteiger partial charge in [-0.05, 0) is 70.6 Å². The van der Waals surface area contributed by atoms with Crippen LogP contribution in [0.1, 0.15) is 76.8 Å². The van der Waals surface area contributed by atoms with Gasteiger partial charge in [0, 0.05) is 17.4 Å². The van der Waals surface area contributed by atoms with E-state index in [0.29, 0.717) is 18.1 Å². The lowest BCUT2D eigenvalue weighted by molar-refractivity contribution is -0.0659. The Balaban J connectivity index is 2.03. The van der Waals surface area contributed by atoms with Gasteiger partial charge in [-0.3, -0.25) is 0 Å². The first-order valence-electron chi connectivity index (χ1n) is 9.01. The molecular formula is C20H30O3. The number of benzene rings is 1. The summed E-state index contributed by atoms with van der Waals surface area (Å²) in [6.45, 7) is 8.37. The third-order valence-corrected chi connectivity index (χ3v) is 5.78. The van der Waals surface area contributed by atoms with Crippen LogP contribution in [0, 0.1) is 5.92 Å². The van der Waals surface area contributed by atoms with E-state index in [4.69, 9.17) is 4.74 Å². The Labute approximate surface area is 139 Å². The molecule has 1 aromatic carbocycles. The Morgan fingerprint density at radius 1 is 1.26 bits per heavy atom. The Bertz CT molecular complexity index is 589. The van der Waals surface area contributed by atoms with E-state index in [-0.39, 0.29) is 11.5 Å². The van der Waals surface area contributed by atoms with E-state index in [1.54, 1.807) is 0 Å². The average molecular weight is 318 g/mol. The predicted octanol–water partition coefficient (Wildman–Crippen LogP) is 4.54. The number of aliphatic hydroxyl groups is 1. The van der Waals surface area contributed by atoms with Crippen LogP contribution in [0.5, 0.6) is 11.5 Å². The molecule has 3 atom stereocenters. The highest BCUT2D eigenvalue weighted by Gasteiger charge is 2.49. The van der Waals surface area contributed by atoms with Crippen LogP contribution in [0.2, 0.25) is 0 Å². The van der Waals surface area contributed by atoms with Crippen molar-refractivity contribution in [2.45, 2.75) is 83.3 Å². The molecule has 0 saturated heterocycles. The molecule has 1 saturated carbocycles. The molecule has 23 heavy (non-hydrogen) atoms. The van der Waals surface area contributed by atoms with Crippen LogP contribution in [0.15, 0.2) is 12.1 Å². The first-order chi connectivity index (χ1) is 10.7. The number of aryl methyl sites for hydroxylation is 1. The Hall–Kier alpha value is -1.22. The highest BCUT2D eigenvalue weighted by molar-refractivity contribution is 5.52. The lowest BCUT2D eigenvalue weighted by atomic mass is 9.63. The van der Waals surface area contributed by atoms with Crippen molar-refractivity contribution in [1.82, 2.24) is 0 Å². The first kappa shape index (κ1) is 16.6. The molecule has 0 aromatic heterocycles. The zero-order chi connectivity index (χ0) is 16.8. The maximum absolute atomic E-state index is 10.7. The van der Waals surface area contributed by atoms with Crippen LogP contribution in [0.3, 0.4) is 0 Å². The van der Waals surface area contributed by atoms with Gasteiger partial charge >= 0.3 is 0 Å². The van der Waals surface area contributed by atoms with Crippen LogP contribution in [-0.4, -0.2) is 21.4 Å². The predicted molar refractivity (Wildman–Crippen MR) is 92.1 cm³/mol. The second-order valence-corrected chi connectivity index (χ2v) is 8.29. The summed E-state index contributed by atoms with van der Waals surface area (Å²) >= 11 is 0. The smallest absolute Gasteiger partial charge is 0.127 e. The summed E-state index contributed by atoms with van der Waals surface area (Å²) in [5, 5.41) is 21.2. The van der Waals surface area contributed by atoms with Crippen molar-refractivity contribution in [3.8, 4) is 11.5 Å². The third-order valence-electron chi connectivity index (χ3n) is 5.78. The Kier molecular flexibility index (Phi) is 4.12. The summed E-state index contributed by atoms with van der Waals surface area (Å²) in [6.07, 6.45) is 5.64. The van der Waals surface area contributed by atoms with Gasteiger partial charge in [0.25, 0.3) is 0 Å². The molecule has 1 fully saturated rings. The van der Waals surface area contributed by atoms with Crippen molar-refractivity contribution < 1.29 is 14.9 Å². The summed E-state index contributed by atoms with van der Waals surface area (Å²) in [5.74, 6) is 1.66. The fraction of sp³-hybridized carbons (Fsp3) is 0.700. The summed E-state index contributed by atoms with van der Waals surface area (Å²) < 4.78 is 6.32. The van der Waals surface area contributed by atoms with Crippen LogP contribution >= 0.6 is 0 Å². The molecule has 0 spiro atoms. The molecule has 3 heteroatoms. The van der Waals surface area contributed by atoms with Crippen LogP contribution < -0.4 is 4.74 Å². The van der Waals surface area contributed by atoms with Gasteiger partial charge in [0.1, 0.15) is 17.1 Å². The molecule has 0 bridgehead atoms. The monoisotopic (exact) mass is 318 g/mol. The quantitative estimate of drug-likeness (QED) is 0.860. The molecule has 1 aromatic rings. The molecule has 128 valence electrons. The fourth-order valence-corrected chi connectivity index (χ4v) is 4.53. The zero-order valence-corrected chi connectivity index (χ0v) is 14.9. The molecule has 1 heterocycles. The maximum Gasteiger partial charge on any atom is 0.127 e. The van der Waals surface area contributed by atoms with Crippen molar-refractivity contribution in [3.63, 3.8) is 0 Å². The number of hydrogen-bond donors (Lipinski definition) is 2. The molecule has 0 amide bonds. The van der Waals surface area contributed by atoms with Crippen LogP contribution in [0.4, 0.5) is 0 Å². The van der Waals surface area contributed by atoms with E-state index in [0.717, 1.165) is 49.0 Å². The lowest BCUT2D eigenvalue weighted by Gasteiger charge is -2.50. The first-order valence-corrected chi connectivity index (χ1v) is 9.01. The number of rotatable bonds is 3. The molecule has 0 unspecified atom stereocenters. The number of ether oxygens (including phenoxy) is 1. The standard InChI is InChI=1S/C20H30O3/c1-5-6-7-13-10-16(21)18-14-12-20(4,22)9-8-15(14)19(2,3)23-17(18)11-13/h10-11,14-15,21-22H,5-9,12H2,1-4H3/t14-,15-,20+/m1/s1. The number of hydrogen-bond acceptors (Lipinski definition) is 3. The molecular weight excluding hydrogens is 288 g/mol. The van der Waals surface area contributed by atoms with Crippen LogP contribution in [-0.2, 0) is 6.42 Å². The number of unbranched alkanes of at least 4 members (excludes halogenated alkanes) is 1. The van der Waals surface area contributed by atoms with E-state index >= 15 is 0 Å². The number of phenols is 1. The minimum absolute atomic E-state index is 0.165. The molecule has 2 N–H and O–H groups in total. The van der Waals surface area contributed by atoms with E-state index in [2.05, 4.69) is 26.8 Å². The van der Waals surface area contributed by atoms with E-state index < -0.39 is 5.60 Å². The van der Waals surface area contributed by atoms with Crippen molar-refractivity contribution in [2.75, 3.05) is 0 Å². The maximum atomic E-state index is 10.7. The third kappa shape index (κ3) is 3.08. The number of fused-ring (bicyclic) bond motifs is 3. The number of phenolic OH excluding ortho intramolecular Hbond substituents is 1. The van der Waals surface area contributed by atoms with Gasteiger partial charge in [-0.1, -0.05) is 13.3 Å². The van der Waals surface area contributed by atoms with Crippen molar-refractivity contribution in [1.29, 1.82) is 0 Å². The Morgan fingerprint density at radius 3 is 2.70 bits per heavy atom. The molecule has 3 nitrogen and oxygen atoms in total. The van der Waals surface area contributed by atoms with E-state index in [9.17, 15) is 10.2 Å². The van der Waals surface area contributed by atoms with E-state index in [1.165, 1.54) is 0 Å². The molecule has 3 rings (SSSR count). The summed E-state index contributed by atoms with van der Waals surface area (Å²) in [4.78, 5) is 0. The summed E-state index contributed by atoms with van der Waals surface area (Å²) in [7, 11) is 0. The summed E-state index contributed by atoms with van der Waals surface area (Å²) in [6, 6.07) is 4.00. The van der Waals surface area contributed by atoms with Gasteiger partial charge in [0.15, 0.2) is 0 Å². The second-order valence-electron chi connectivity index (χ2n) is 8.29. The van der Waals surface area contributed by atoms with Crippen molar-refractivity contribution in [3.05, 3.63) is 23.3 Å². The average Bonchev–Trinajstić information content (AvgIpc) is 2.42. The fourth-order valence-electron chi connectivity index (χ4n) is 4.53. The zero-order valence-electron chi connectivity index (χ0n) is 14.9. The van der Waals surface area contributed by atoms with Gasteiger partial charge in [-0.15, -0.1) is 0 Å².